The van der Waals surface area contributed by atoms with Crippen molar-refractivity contribution in [3.05, 3.63) is 35.6 Å². The van der Waals surface area contributed by atoms with Crippen molar-refractivity contribution in [3.63, 3.8) is 0 Å². The zero-order valence-corrected chi connectivity index (χ0v) is 12.8. The molecule has 21 heavy (non-hydrogen) atoms. The highest BCUT2D eigenvalue weighted by atomic mass is 32.2. The van der Waals surface area contributed by atoms with Crippen molar-refractivity contribution in [2.75, 3.05) is 12.4 Å². The fourth-order valence-electron chi connectivity index (χ4n) is 2.57. The predicted octanol–water partition coefficient (Wildman–Crippen LogP) is 2.34. The predicted molar refractivity (Wildman–Crippen MR) is 80.6 cm³/mol. The minimum Gasteiger partial charge on any atom is -0.460 e. The van der Waals surface area contributed by atoms with E-state index in [1.807, 2.05) is 31.2 Å². The van der Waals surface area contributed by atoms with Crippen LogP contribution < -0.4 is 4.72 Å². The van der Waals surface area contributed by atoms with Crippen LogP contribution in [0.3, 0.4) is 0 Å². The number of hydrogen-bond donors (Lipinski definition) is 1. The van der Waals surface area contributed by atoms with Gasteiger partial charge in [0, 0.05) is 12.0 Å². The van der Waals surface area contributed by atoms with Crippen molar-refractivity contribution in [2.24, 2.45) is 0 Å². The summed E-state index contributed by atoms with van der Waals surface area (Å²) >= 11 is 0. The Bertz CT molecular complexity index is 729. The van der Waals surface area contributed by atoms with Crippen LogP contribution >= 0.6 is 0 Å². The van der Waals surface area contributed by atoms with Gasteiger partial charge in [0.2, 0.25) is 10.0 Å². The number of benzene rings is 1. The van der Waals surface area contributed by atoms with Crippen molar-refractivity contribution in [2.45, 2.75) is 32.4 Å². The Kier molecular flexibility index (Phi) is 4.01. The number of sulfonamides is 1. The van der Waals surface area contributed by atoms with Gasteiger partial charge >= 0.3 is 0 Å². The lowest BCUT2D eigenvalue weighted by Gasteiger charge is -2.10. The summed E-state index contributed by atoms with van der Waals surface area (Å²) < 4.78 is 37.6. The molecule has 1 aliphatic rings. The summed E-state index contributed by atoms with van der Waals surface area (Å²) in [6.45, 7) is 2.84. The molecule has 3 rings (SSSR count). The topological polar surface area (TPSA) is 68.5 Å². The van der Waals surface area contributed by atoms with Crippen molar-refractivity contribution in [1.82, 2.24) is 4.72 Å². The number of fused-ring (bicyclic) bond motifs is 1. The normalized spacial score (nSPS) is 19.4. The molecular weight excluding hydrogens is 290 g/mol. The van der Waals surface area contributed by atoms with Crippen LogP contribution in [-0.4, -0.2) is 26.9 Å². The largest absolute Gasteiger partial charge is 0.460 e. The second-order valence-electron chi connectivity index (χ2n) is 5.49. The summed E-state index contributed by atoms with van der Waals surface area (Å²) in [4.78, 5) is 0. The third kappa shape index (κ3) is 3.64. The maximum atomic E-state index is 12.0. The van der Waals surface area contributed by atoms with Crippen LogP contribution in [-0.2, 0) is 21.3 Å². The molecular formula is C15H19NO4S. The van der Waals surface area contributed by atoms with Crippen LogP contribution in [0.1, 0.15) is 24.2 Å². The van der Waals surface area contributed by atoms with E-state index in [1.54, 1.807) is 0 Å². The van der Waals surface area contributed by atoms with E-state index in [9.17, 15) is 8.42 Å². The van der Waals surface area contributed by atoms with E-state index in [-0.39, 0.29) is 18.4 Å². The molecule has 5 nitrogen and oxygen atoms in total. The third-order valence-corrected chi connectivity index (χ3v) is 5.01. The SMILES string of the molecule is Cc1ccc2oc(CNS(=O)(=O)CC3CCCO3)cc2c1. The number of ether oxygens (including phenoxy) is 1. The molecule has 0 saturated carbocycles. The molecule has 1 unspecified atom stereocenters. The minimum absolute atomic E-state index is 0.0202. The molecule has 2 heterocycles. The fourth-order valence-corrected chi connectivity index (χ4v) is 3.80. The fraction of sp³-hybridized carbons (Fsp3) is 0.467. The first-order valence-electron chi connectivity index (χ1n) is 7.10. The van der Waals surface area contributed by atoms with Gasteiger partial charge in [-0.25, -0.2) is 13.1 Å². The second-order valence-corrected chi connectivity index (χ2v) is 7.34. The van der Waals surface area contributed by atoms with Gasteiger partial charge in [0.05, 0.1) is 18.4 Å². The molecule has 1 N–H and O–H groups in total. The molecule has 1 atom stereocenters. The maximum absolute atomic E-state index is 12.0. The first kappa shape index (κ1) is 14.6. The zero-order valence-electron chi connectivity index (χ0n) is 12.0. The highest BCUT2D eigenvalue weighted by Gasteiger charge is 2.23. The molecule has 1 fully saturated rings. The standard InChI is InChI=1S/C15H19NO4S/c1-11-4-5-15-12(7-11)8-14(20-15)9-16-21(17,18)10-13-3-2-6-19-13/h4-5,7-8,13,16H,2-3,6,9-10H2,1H3. The average molecular weight is 309 g/mol. The van der Waals surface area contributed by atoms with Gasteiger partial charge in [-0.3, -0.25) is 0 Å². The lowest BCUT2D eigenvalue weighted by Crippen LogP contribution is -2.31. The highest BCUT2D eigenvalue weighted by Crippen LogP contribution is 2.21. The minimum atomic E-state index is -3.34. The van der Waals surface area contributed by atoms with Gasteiger partial charge in [0.1, 0.15) is 11.3 Å². The van der Waals surface area contributed by atoms with E-state index in [0.717, 1.165) is 29.4 Å². The van der Waals surface area contributed by atoms with E-state index in [2.05, 4.69) is 4.72 Å². The van der Waals surface area contributed by atoms with Crippen molar-refractivity contribution < 1.29 is 17.6 Å². The molecule has 1 aromatic heterocycles. The smallest absolute Gasteiger partial charge is 0.214 e. The lowest BCUT2D eigenvalue weighted by molar-refractivity contribution is 0.127. The van der Waals surface area contributed by atoms with Gasteiger partial charge in [0.15, 0.2) is 0 Å². The summed E-state index contributed by atoms with van der Waals surface area (Å²) in [5.41, 5.74) is 1.92. The average Bonchev–Trinajstić information content (AvgIpc) is 3.04. The highest BCUT2D eigenvalue weighted by molar-refractivity contribution is 7.89. The molecule has 114 valence electrons. The Balaban J connectivity index is 1.65. The molecule has 0 radical (unpaired) electrons. The van der Waals surface area contributed by atoms with Gasteiger partial charge in [0.25, 0.3) is 0 Å². The van der Waals surface area contributed by atoms with Crippen LogP contribution in [0.25, 0.3) is 11.0 Å². The summed E-state index contributed by atoms with van der Waals surface area (Å²) in [7, 11) is -3.34. The summed E-state index contributed by atoms with van der Waals surface area (Å²) in [5.74, 6) is 0.637. The van der Waals surface area contributed by atoms with Gasteiger partial charge < -0.3 is 9.15 Å². The van der Waals surface area contributed by atoms with Crippen molar-refractivity contribution >= 4 is 21.0 Å². The summed E-state index contributed by atoms with van der Waals surface area (Å²) in [6, 6.07) is 7.76. The van der Waals surface area contributed by atoms with Gasteiger partial charge in [-0.15, -0.1) is 0 Å². The van der Waals surface area contributed by atoms with E-state index >= 15 is 0 Å². The molecule has 0 aliphatic carbocycles. The van der Waals surface area contributed by atoms with Crippen molar-refractivity contribution in [1.29, 1.82) is 0 Å². The maximum Gasteiger partial charge on any atom is 0.214 e. The molecule has 6 heteroatoms. The van der Waals surface area contributed by atoms with Crippen molar-refractivity contribution in [3.8, 4) is 0 Å². The van der Waals surface area contributed by atoms with Crippen LogP contribution in [0.15, 0.2) is 28.7 Å². The van der Waals surface area contributed by atoms with Gasteiger partial charge in [-0.1, -0.05) is 11.6 Å². The lowest BCUT2D eigenvalue weighted by atomic mass is 10.2. The van der Waals surface area contributed by atoms with E-state index in [4.69, 9.17) is 9.15 Å². The number of hydrogen-bond acceptors (Lipinski definition) is 4. The van der Waals surface area contributed by atoms with Gasteiger partial charge in [-0.2, -0.15) is 0 Å². The van der Waals surface area contributed by atoms with E-state index in [1.165, 1.54) is 0 Å². The number of aryl methyl sites for hydroxylation is 1. The van der Waals surface area contributed by atoms with E-state index in [0.29, 0.717) is 12.4 Å². The molecule has 2 aromatic rings. The third-order valence-electron chi connectivity index (χ3n) is 3.62. The van der Waals surface area contributed by atoms with Crippen LogP contribution in [0.5, 0.6) is 0 Å². The number of rotatable bonds is 5. The first-order chi connectivity index (χ1) is 10.0. The van der Waals surface area contributed by atoms with E-state index < -0.39 is 10.0 Å². The molecule has 0 amide bonds. The zero-order chi connectivity index (χ0) is 14.9. The summed E-state index contributed by atoms with van der Waals surface area (Å²) in [5, 5.41) is 0.989. The number of furan rings is 1. The molecule has 1 saturated heterocycles. The Morgan fingerprint density at radius 2 is 2.19 bits per heavy atom. The Morgan fingerprint density at radius 1 is 1.33 bits per heavy atom. The molecule has 0 bridgehead atoms. The summed E-state index contributed by atoms with van der Waals surface area (Å²) in [6.07, 6.45) is 1.56. The number of nitrogens with one attached hydrogen (secondary N) is 1. The Morgan fingerprint density at radius 3 is 2.95 bits per heavy atom. The molecule has 1 aliphatic heterocycles. The molecule has 1 aromatic carbocycles. The quantitative estimate of drug-likeness (QED) is 0.920. The molecule has 0 spiro atoms. The Hall–Kier alpha value is -1.37. The Labute approximate surface area is 124 Å². The van der Waals surface area contributed by atoms with Crippen LogP contribution in [0.4, 0.5) is 0 Å². The second kappa shape index (κ2) is 5.79. The first-order valence-corrected chi connectivity index (χ1v) is 8.75. The van der Waals surface area contributed by atoms with Crippen LogP contribution in [0, 0.1) is 6.92 Å². The monoisotopic (exact) mass is 309 g/mol. The van der Waals surface area contributed by atoms with Crippen LogP contribution in [0.2, 0.25) is 0 Å². The van der Waals surface area contributed by atoms with Gasteiger partial charge in [-0.05, 0) is 38.0 Å².